The number of ether oxygens (including phenoxy) is 1. The molecule has 1 aliphatic rings. The van der Waals surface area contributed by atoms with E-state index in [4.69, 9.17) is 17.0 Å². The van der Waals surface area contributed by atoms with Gasteiger partial charge in [-0.15, -0.1) is 0 Å². The highest BCUT2D eigenvalue weighted by atomic mass is 32.1. The Bertz CT molecular complexity index is 1160. The molecule has 1 saturated heterocycles. The van der Waals surface area contributed by atoms with Gasteiger partial charge in [-0.25, -0.2) is 0 Å². The van der Waals surface area contributed by atoms with Gasteiger partial charge in [0.2, 0.25) is 0 Å². The van der Waals surface area contributed by atoms with Crippen LogP contribution in [0.2, 0.25) is 0 Å². The van der Waals surface area contributed by atoms with Gasteiger partial charge >= 0.3 is 0 Å². The first-order valence-corrected chi connectivity index (χ1v) is 12.3. The van der Waals surface area contributed by atoms with Gasteiger partial charge < -0.3 is 15.0 Å². The molecule has 2 N–H and O–H groups in total. The van der Waals surface area contributed by atoms with Crippen molar-refractivity contribution < 1.29 is 14.3 Å². The number of amides is 2. The standard InChI is InChI=1S/C28H29N3O3S/c32-26(23-10-7-11-25(20-23)34-19-16-21-8-3-1-4-9-21)30-28(35)29-24-14-12-22(13-15-24)27(33)31-17-5-2-6-18-31/h1,3-4,7-15,20H,2,5-6,16-19H2,(H2,29,30,32,35). The molecule has 6 nitrogen and oxygen atoms in total. The minimum Gasteiger partial charge on any atom is -0.493 e. The number of likely N-dealkylation sites (tertiary alicyclic amines) is 1. The fraction of sp³-hybridized carbons (Fsp3) is 0.250. The first-order chi connectivity index (χ1) is 17.1. The minimum atomic E-state index is -0.326. The zero-order chi connectivity index (χ0) is 24.5. The second-order valence-corrected chi connectivity index (χ2v) is 8.86. The van der Waals surface area contributed by atoms with Gasteiger partial charge in [-0.05, 0) is 79.5 Å². The molecule has 0 spiro atoms. The summed E-state index contributed by atoms with van der Waals surface area (Å²) < 4.78 is 5.82. The number of thiocarbonyl (C=S) groups is 1. The second-order valence-electron chi connectivity index (χ2n) is 8.45. The number of anilines is 1. The van der Waals surface area contributed by atoms with E-state index in [0.717, 1.165) is 32.4 Å². The van der Waals surface area contributed by atoms with Crippen molar-refractivity contribution in [2.45, 2.75) is 25.7 Å². The van der Waals surface area contributed by atoms with E-state index in [2.05, 4.69) is 22.8 Å². The molecular formula is C28H29N3O3S. The highest BCUT2D eigenvalue weighted by Gasteiger charge is 2.18. The summed E-state index contributed by atoms with van der Waals surface area (Å²) in [6, 6.07) is 24.2. The Balaban J connectivity index is 1.27. The van der Waals surface area contributed by atoms with Crippen LogP contribution in [0.4, 0.5) is 5.69 Å². The lowest BCUT2D eigenvalue weighted by Crippen LogP contribution is -2.35. The molecule has 3 aromatic rings. The molecule has 35 heavy (non-hydrogen) atoms. The van der Waals surface area contributed by atoms with Crippen molar-refractivity contribution in [1.82, 2.24) is 10.2 Å². The van der Waals surface area contributed by atoms with Crippen molar-refractivity contribution in [1.29, 1.82) is 0 Å². The average molecular weight is 488 g/mol. The SMILES string of the molecule is O=C(NC(=S)Nc1ccc(C(=O)N2CCCCC2)cc1)c1cccc(OCCc2ccccc2)c1. The van der Waals surface area contributed by atoms with Gasteiger partial charge in [0.05, 0.1) is 6.61 Å². The first kappa shape index (κ1) is 24.4. The number of hydrogen-bond acceptors (Lipinski definition) is 4. The van der Waals surface area contributed by atoms with Gasteiger partial charge in [0.25, 0.3) is 11.8 Å². The maximum atomic E-state index is 12.7. The number of hydrogen-bond donors (Lipinski definition) is 2. The van der Waals surface area contributed by atoms with E-state index in [0.29, 0.717) is 29.2 Å². The summed E-state index contributed by atoms with van der Waals surface area (Å²) in [7, 11) is 0. The van der Waals surface area contributed by atoms with Crippen molar-refractivity contribution in [3.63, 3.8) is 0 Å². The molecule has 0 aromatic heterocycles. The molecule has 0 radical (unpaired) electrons. The summed E-state index contributed by atoms with van der Waals surface area (Å²) in [6.07, 6.45) is 4.08. The van der Waals surface area contributed by atoms with Crippen LogP contribution >= 0.6 is 12.2 Å². The molecule has 0 unspecified atom stereocenters. The third kappa shape index (κ3) is 7.13. The van der Waals surface area contributed by atoms with Gasteiger partial charge in [0.1, 0.15) is 5.75 Å². The third-order valence-corrected chi connectivity index (χ3v) is 6.06. The van der Waals surface area contributed by atoms with Crippen LogP contribution in [0.15, 0.2) is 78.9 Å². The Kier molecular flexibility index (Phi) is 8.46. The lowest BCUT2D eigenvalue weighted by atomic mass is 10.1. The first-order valence-electron chi connectivity index (χ1n) is 11.9. The number of benzene rings is 3. The third-order valence-electron chi connectivity index (χ3n) is 5.86. The van der Waals surface area contributed by atoms with Gasteiger partial charge in [0.15, 0.2) is 5.11 Å². The lowest BCUT2D eigenvalue weighted by Gasteiger charge is -2.26. The van der Waals surface area contributed by atoms with E-state index in [1.165, 1.54) is 12.0 Å². The molecule has 1 fully saturated rings. The van der Waals surface area contributed by atoms with Crippen LogP contribution in [0, 0.1) is 0 Å². The van der Waals surface area contributed by atoms with E-state index < -0.39 is 0 Å². The van der Waals surface area contributed by atoms with E-state index in [-0.39, 0.29) is 16.9 Å². The molecule has 0 atom stereocenters. The maximum Gasteiger partial charge on any atom is 0.257 e. The molecule has 0 bridgehead atoms. The monoisotopic (exact) mass is 487 g/mol. The zero-order valence-corrected chi connectivity index (χ0v) is 20.4. The summed E-state index contributed by atoms with van der Waals surface area (Å²) in [6.45, 7) is 2.15. The molecule has 180 valence electrons. The van der Waals surface area contributed by atoms with Crippen molar-refractivity contribution in [3.8, 4) is 5.75 Å². The lowest BCUT2D eigenvalue weighted by molar-refractivity contribution is 0.0724. The Morgan fingerprint density at radius 1 is 0.857 bits per heavy atom. The molecule has 7 heteroatoms. The Labute approximate surface area is 211 Å². The fourth-order valence-corrected chi connectivity index (χ4v) is 4.18. The van der Waals surface area contributed by atoms with Gasteiger partial charge in [-0.1, -0.05) is 36.4 Å². The van der Waals surface area contributed by atoms with Crippen molar-refractivity contribution in [2.75, 3.05) is 25.0 Å². The molecule has 0 saturated carbocycles. The summed E-state index contributed by atoms with van der Waals surface area (Å²) in [5.41, 5.74) is 3.00. The minimum absolute atomic E-state index is 0.0537. The Morgan fingerprint density at radius 2 is 1.60 bits per heavy atom. The molecule has 1 aliphatic heterocycles. The largest absolute Gasteiger partial charge is 0.493 e. The van der Waals surface area contributed by atoms with Gasteiger partial charge in [-0.2, -0.15) is 0 Å². The van der Waals surface area contributed by atoms with E-state index >= 15 is 0 Å². The van der Waals surface area contributed by atoms with Crippen LogP contribution in [0.1, 0.15) is 45.5 Å². The molecule has 3 aromatic carbocycles. The van der Waals surface area contributed by atoms with E-state index in [1.807, 2.05) is 29.2 Å². The van der Waals surface area contributed by atoms with Crippen molar-refractivity contribution >= 4 is 34.8 Å². The highest BCUT2D eigenvalue weighted by Crippen LogP contribution is 2.16. The predicted octanol–water partition coefficient (Wildman–Crippen LogP) is 5.06. The number of nitrogens with one attached hydrogen (secondary N) is 2. The van der Waals surface area contributed by atoms with E-state index in [1.54, 1.807) is 42.5 Å². The van der Waals surface area contributed by atoms with Crippen LogP contribution in [-0.4, -0.2) is 41.5 Å². The van der Waals surface area contributed by atoms with E-state index in [9.17, 15) is 9.59 Å². The fourth-order valence-electron chi connectivity index (χ4n) is 3.97. The van der Waals surface area contributed by atoms with Crippen LogP contribution < -0.4 is 15.4 Å². The number of piperidine rings is 1. The summed E-state index contributed by atoms with van der Waals surface area (Å²) in [4.78, 5) is 27.2. The van der Waals surface area contributed by atoms with Gasteiger partial charge in [-0.3, -0.25) is 14.9 Å². The summed E-state index contributed by atoms with van der Waals surface area (Å²) >= 11 is 5.31. The van der Waals surface area contributed by atoms with Crippen molar-refractivity contribution in [3.05, 3.63) is 95.6 Å². The van der Waals surface area contributed by atoms with Crippen LogP contribution in [0.25, 0.3) is 0 Å². The normalized spacial score (nSPS) is 13.1. The second kappa shape index (κ2) is 12.1. The highest BCUT2D eigenvalue weighted by molar-refractivity contribution is 7.80. The molecular weight excluding hydrogens is 458 g/mol. The Hall–Kier alpha value is -3.71. The predicted molar refractivity (Wildman–Crippen MR) is 142 cm³/mol. The van der Waals surface area contributed by atoms with Gasteiger partial charge in [0, 0.05) is 36.3 Å². The number of carbonyl (C=O) groups excluding carboxylic acids is 2. The number of rotatable bonds is 7. The Morgan fingerprint density at radius 3 is 2.34 bits per heavy atom. The topological polar surface area (TPSA) is 70.7 Å². The molecule has 1 heterocycles. The average Bonchev–Trinajstić information content (AvgIpc) is 2.90. The summed E-state index contributed by atoms with van der Waals surface area (Å²) in [5.74, 6) is 0.354. The van der Waals surface area contributed by atoms with Crippen LogP contribution in [0.3, 0.4) is 0 Å². The molecule has 2 amide bonds. The zero-order valence-electron chi connectivity index (χ0n) is 19.5. The maximum absolute atomic E-state index is 12.7. The number of carbonyl (C=O) groups is 2. The molecule has 0 aliphatic carbocycles. The summed E-state index contributed by atoms with van der Waals surface area (Å²) in [5, 5.41) is 5.87. The van der Waals surface area contributed by atoms with Crippen molar-refractivity contribution in [2.24, 2.45) is 0 Å². The van der Waals surface area contributed by atoms with Crippen LogP contribution in [0.5, 0.6) is 5.75 Å². The molecule has 4 rings (SSSR count). The number of nitrogens with zero attached hydrogens (tertiary/aromatic N) is 1. The quantitative estimate of drug-likeness (QED) is 0.456. The van der Waals surface area contributed by atoms with Crippen LogP contribution in [-0.2, 0) is 6.42 Å². The smallest absolute Gasteiger partial charge is 0.257 e.